The molecule has 1 aliphatic heterocycles. The molecule has 6 heteroatoms. The van der Waals surface area contributed by atoms with Gasteiger partial charge in [-0.3, -0.25) is 19.3 Å². The predicted molar refractivity (Wildman–Crippen MR) is 80.4 cm³/mol. The molecule has 3 amide bonds. The lowest BCUT2D eigenvalue weighted by molar-refractivity contribution is -0.140. The summed E-state index contributed by atoms with van der Waals surface area (Å²) >= 11 is 4.11. The largest absolute Gasteiger partial charge is 0.359 e. The van der Waals surface area contributed by atoms with E-state index in [2.05, 4.69) is 17.9 Å². The lowest BCUT2D eigenvalue weighted by atomic mass is 9.74. The highest BCUT2D eigenvalue weighted by Gasteiger charge is 2.41. The van der Waals surface area contributed by atoms with Crippen LogP contribution < -0.4 is 5.32 Å². The van der Waals surface area contributed by atoms with Crippen molar-refractivity contribution in [1.29, 1.82) is 0 Å². The topological polar surface area (TPSA) is 66.5 Å². The zero-order valence-electron chi connectivity index (χ0n) is 12.8. The molecular weight excluding hydrogens is 276 g/mol. The molecule has 1 N–H and O–H groups in total. The van der Waals surface area contributed by atoms with Gasteiger partial charge in [-0.15, -0.1) is 0 Å². The molecule has 0 saturated carbocycles. The third-order valence-electron chi connectivity index (χ3n) is 3.57. The fraction of sp³-hybridized carbons (Fsp3) is 0.786. The first kappa shape index (κ1) is 17.0. The first-order valence-electron chi connectivity index (χ1n) is 6.75. The Bertz CT molecular complexity index is 432. The van der Waals surface area contributed by atoms with Crippen LogP contribution in [0.5, 0.6) is 0 Å². The van der Waals surface area contributed by atoms with Crippen molar-refractivity contribution in [3.8, 4) is 0 Å². The number of nitrogens with one attached hydrogen (secondary N) is 1. The maximum Gasteiger partial charge on any atom is 0.242 e. The number of hydrogen-bond acceptors (Lipinski definition) is 4. The Kier molecular flexibility index (Phi) is 4.90. The highest BCUT2D eigenvalue weighted by molar-refractivity contribution is 7.81. The van der Waals surface area contributed by atoms with Crippen molar-refractivity contribution >= 4 is 30.4 Å². The van der Waals surface area contributed by atoms with Crippen LogP contribution in [0, 0.1) is 10.8 Å². The van der Waals surface area contributed by atoms with E-state index in [9.17, 15) is 14.4 Å². The molecule has 0 aromatic rings. The van der Waals surface area contributed by atoms with Gasteiger partial charge in [-0.1, -0.05) is 27.7 Å². The predicted octanol–water partition coefficient (Wildman–Crippen LogP) is 1.23. The molecule has 1 rings (SSSR count). The van der Waals surface area contributed by atoms with E-state index in [0.717, 1.165) is 0 Å². The molecule has 0 aromatic carbocycles. The fourth-order valence-corrected chi connectivity index (χ4v) is 3.23. The number of amides is 3. The van der Waals surface area contributed by atoms with Crippen LogP contribution in [-0.4, -0.2) is 41.5 Å². The van der Waals surface area contributed by atoms with Gasteiger partial charge in [0.15, 0.2) is 0 Å². The Hall–Kier alpha value is -1.04. The van der Waals surface area contributed by atoms with E-state index >= 15 is 0 Å². The van der Waals surface area contributed by atoms with Gasteiger partial charge in [-0.25, -0.2) is 0 Å². The molecule has 1 aliphatic rings. The van der Waals surface area contributed by atoms with E-state index in [1.54, 1.807) is 7.05 Å². The van der Waals surface area contributed by atoms with Crippen LogP contribution in [0.1, 0.15) is 40.5 Å². The summed E-state index contributed by atoms with van der Waals surface area (Å²) in [6.07, 6.45) is 0.741. The minimum Gasteiger partial charge on any atom is -0.359 e. The molecular formula is C14H24N2O3S. The maximum absolute atomic E-state index is 11.9. The van der Waals surface area contributed by atoms with Crippen LogP contribution in [0.15, 0.2) is 0 Å². The van der Waals surface area contributed by atoms with Gasteiger partial charge < -0.3 is 5.32 Å². The number of rotatable bonds is 5. The Labute approximate surface area is 125 Å². The van der Waals surface area contributed by atoms with Crippen molar-refractivity contribution in [1.82, 2.24) is 10.2 Å². The average Bonchev–Trinajstić information content (AvgIpc) is 2.53. The minimum atomic E-state index is -0.551. The van der Waals surface area contributed by atoms with E-state index in [1.807, 2.05) is 27.7 Å². The highest BCUT2D eigenvalue weighted by atomic mass is 32.1. The maximum atomic E-state index is 11.9. The molecule has 114 valence electrons. The molecule has 0 bridgehead atoms. The Morgan fingerprint density at radius 1 is 1.35 bits per heavy atom. The summed E-state index contributed by atoms with van der Waals surface area (Å²) in [5, 5.41) is 2.12. The van der Waals surface area contributed by atoms with E-state index in [0.29, 0.717) is 13.0 Å². The van der Waals surface area contributed by atoms with Crippen LogP contribution in [0.3, 0.4) is 0 Å². The summed E-state index contributed by atoms with van der Waals surface area (Å²) in [4.78, 5) is 36.8. The summed E-state index contributed by atoms with van der Waals surface area (Å²) < 4.78 is 0. The van der Waals surface area contributed by atoms with Crippen molar-refractivity contribution in [3.05, 3.63) is 0 Å². The van der Waals surface area contributed by atoms with Crippen LogP contribution in [0.2, 0.25) is 0 Å². The van der Waals surface area contributed by atoms with Gasteiger partial charge in [-0.05, 0) is 11.8 Å². The molecule has 0 aromatic heterocycles. The molecule has 5 nitrogen and oxygen atoms in total. The summed E-state index contributed by atoms with van der Waals surface area (Å²) in [5.74, 6) is -0.457. The molecule has 0 aliphatic carbocycles. The summed E-state index contributed by atoms with van der Waals surface area (Å²) in [6.45, 7) is 7.97. The monoisotopic (exact) mass is 300 g/mol. The molecule has 0 spiro atoms. The number of likely N-dealkylation sites (tertiary alicyclic amines) is 1. The van der Waals surface area contributed by atoms with Crippen molar-refractivity contribution in [3.63, 3.8) is 0 Å². The van der Waals surface area contributed by atoms with Gasteiger partial charge in [0, 0.05) is 25.4 Å². The van der Waals surface area contributed by atoms with E-state index in [1.165, 1.54) is 4.90 Å². The molecule has 1 unspecified atom stereocenters. The smallest absolute Gasteiger partial charge is 0.242 e. The van der Waals surface area contributed by atoms with Crippen LogP contribution in [0.25, 0.3) is 0 Å². The van der Waals surface area contributed by atoms with Crippen LogP contribution in [0.4, 0.5) is 0 Å². The third-order valence-corrected chi connectivity index (χ3v) is 3.97. The van der Waals surface area contributed by atoms with Gasteiger partial charge >= 0.3 is 0 Å². The minimum absolute atomic E-state index is 0.0447. The summed E-state index contributed by atoms with van der Waals surface area (Å²) in [7, 11) is 1.61. The van der Waals surface area contributed by atoms with Gasteiger partial charge in [0.1, 0.15) is 0 Å². The Balaban J connectivity index is 2.78. The average molecular weight is 300 g/mol. The van der Waals surface area contributed by atoms with Crippen molar-refractivity contribution in [2.45, 2.75) is 45.8 Å². The summed E-state index contributed by atoms with van der Waals surface area (Å²) in [6, 6.07) is 0. The SMILES string of the molecule is CNC(=O)C(C)(C)CC(C)(C)CN1C(=O)CC(S)C1=O. The van der Waals surface area contributed by atoms with E-state index < -0.39 is 10.7 Å². The second kappa shape index (κ2) is 5.76. The molecule has 1 heterocycles. The van der Waals surface area contributed by atoms with Gasteiger partial charge in [-0.2, -0.15) is 12.6 Å². The third kappa shape index (κ3) is 3.75. The Morgan fingerprint density at radius 3 is 2.30 bits per heavy atom. The highest BCUT2D eigenvalue weighted by Crippen LogP contribution is 2.35. The second-order valence-electron chi connectivity index (χ2n) is 6.84. The number of carbonyl (C=O) groups excluding carboxylic acids is 3. The quantitative estimate of drug-likeness (QED) is 0.593. The van der Waals surface area contributed by atoms with Gasteiger partial charge in [0.2, 0.25) is 17.7 Å². The zero-order chi connectivity index (χ0) is 15.7. The van der Waals surface area contributed by atoms with Crippen molar-refractivity contribution < 1.29 is 14.4 Å². The van der Waals surface area contributed by atoms with E-state index in [4.69, 9.17) is 0 Å². The molecule has 1 atom stereocenters. The molecule has 20 heavy (non-hydrogen) atoms. The van der Waals surface area contributed by atoms with Gasteiger partial charge in [0.25, 0.3) is 0 Å². The lowest BCUT2D eigenvalue weighted by Crippen LogP contribution is -2.44. The first-order chi connectivity index (χ1) is 9.00. The molecule has 1 fully saturated rings. The molecule has 1 saturated heterocycles. The second-order valence-corrected chi connectivity index (χ2v) is 7.47. The van der Waals surface area contributed by atoms with Crippen LogP contribution in [-0.2, 0) is 14.4 Å². The number of nitrogens with zero attached hydrogens (tertiary/aromatic N) is 1. The number of carbonyl (C=O) groups is 3. The standard InChI is InChI=1S/C14H24N2O3S/c1-13(2,7-14(3,4)12(19)15-5)8-16-10(17)6-9(20)11(16)18/h9,20H,6-8H2,1-5H3,(H,15,19). The first-order valence-corrected chi connectivity index (χ1v) is 7.26. The summed E-state index contributed by atoms with van der Waals surface area (Å²) in [5.41, 5.74) is -0.885. The van der Waals surface area contributed by atoms with E-state index in [-0.39, 0.29) is 29.6 Å². The number of imide groups is 1. The normalized spacial score (nSPS) is 20.5. The van der Waals surface area contributed by atoms with Gasteiger partial charge in [0.05, 0.1) is 5.25 Å². The van der Waals surface area contributed by atoms with Crippen molar-refractivity contribution in [2.75, 3.05) is 13.6 Å². The Morgan fingerprint density at radius 2 is 1.90 bits per heavy atom. The fourth-order valence-electron chi connectivity index (χ4n) is 2.93. The number of thiol groups is 1. The number of hydrogen-bond donors (Lipinski definition) is 2. The lowest BCUT2D eigenvalue weighted by Gasteiger charge is -2.35. The zero-order valence-corrected chi connectivity index (χ0v) is 13.7. The molecule has 0 radical (unpaired) electrons. The van der Waals surface area contributed by atoms with Crippen molar-refractivity contribution in [2.24, 2.45) is 10.8 Å². The van der Waals surface area contributed by atoms with Crippen LogP contribution >= 0.6 is 12.6 Å².